The molecule has 0 bridgehead atoms. The molecule has 0 saturated carbocycles. The summed E-state index contributed by atoms with van der Waals surface area (Å²) in [6.07, 6.45) is 2.02. The Labute approximate surface area is 112 Å². The second-order valence-electron chi connectivity index (χ2n) is 3.63. The van der Waals surface area contributed by atoms with E-state index in [0.29, 0.717) is 19.8 Å². The van der Waals surface area contributed by atoms with Gasteiger partial charge in [0.05, 0.1) is 13.2 Å². The molecule has 18 heavy (non-hydrogen) atoms. The van der Waals surface area contributed by atoms with Crippen LogP contribution < -0.4 is 5.32 Å². The second kappa shape index (κ2) is 8.97. The minimum atomic E-state index is -0.109. The summed E-state index contributed by atoms with van der Waals surface area (Å²) in [6, 6.07) is 8.01. The third-order valence-electron chi connectivity index (χ3n) is 2.33. The van der Waals surface area contributed by atoms with Gasteiger partial charge in [-0.1, -0.05) is 18.2 Å². The van der Waals surface area contributed by atoms with Gasteiger partial charge in [-0.25, -0.2) is 0 Å². The molecule has 1 aromatic rings. The smallest absolute Gasteiger partial charge is 0.246 e. The molecular formula is C13H19NO3S. The maximum absolute atomic E-state index is 11.5. The summed E-state index contributed by atoms with van der Waals surface area (Å²) >= 11 is 1.67. The molecule has 5 heteroatoms. The number of carbonyl (C=O) groups excluding carboxylic acids is 1. The summed E-state index contributed by atoms with van der Waals surface area (Å²) in [6.45, 7) is 1.54. The van der Waals surface area contributed by atoms with Crippen LogP contribution in [0.25, 0.3) is 0 Å². The van der Waals surface area contributed by atoms with Crippen molar-refractivity contribution in [2.24, 2.45) is 0 Å². The van der Waals surface area contributed by atoms with Gasteiger partial charge in [-0.3, -0.25) is 4.79 Å². The Morgan fingerprint density at radius 3 is 2.83 bits per heavy atom. The average Bonchev–Trinajstić information content (AvgIpc) is 2.41. The van der Waals surface area contributed by atoms with Crippen LogP contribution in [0.4, 0.5) is 0 Å². The zero-order valence-electron chi connectivity index (χ0n) is 10.8. The van der Waals surface area contributed by atoms with Gasteiger partial charge in [-0.2, -0.15) is 0 Å². The predicted octanol–water partition coefficient (Wildman–Crippen LogP) is 1.69. The van der Waals surface area contributed by atoms with Gasteiger partial charge in [0.1, 0.15) is 6.61 Å². The number of benzene rings is 1. The van der Waals surface area contributed by atoms with E-state index in [1.807, 2.05) is 30.5 Å². The van der Waals surface area contributed by atoms with E-state index in [1.54, 1.807) is 18.9 Å². The highest BCUT2D eigenvalue weighted by molar-refractivity contribution is 7.98. The van der Waals surface area contributed by atoms with Gasteiger partial charge in [0, 0.05) is 18.6 Å². The molecule has 0 spiro atoms. The van der Waals surface area contributed by atoms with E-state index < -0.39 is 0 Å². The highest BCUT2D eigenvalue weighted by Crippen LogP contribution is 2.19. The molecule has 1 rings (SSSR count). The number of ether oxygens (including phenoxy) is 2. The number of carbonyl (C=O) groups is 1. The molecule has 0 aliphatic heterocycles. The first kappa shape index (κ1) is 15.0. The van der Waals surface area contributed by atoms with Crippen molar-refractivity contribution < 1.29 is 14.3 Å². The minimum Gasteiger partial charge on any atom is -0.382 e. The van der Waals surface area contributed by atoms with Crippen molar-refractivity contribution >= 4 is 17.7 Å². The summed E-state index contributed by atoms with van der Waals surface area (Å²) in [5, 5.41) is 2.83. The number of rotatable bonds is 8. The van der Waals surface area contributed by atoms with Gasteiger partial charge in [-0.15, -0.1) is 11.8 Å². The van der Waals surface area contributed by atoms with Crippen LogP contribution >= 0.6 is 11.8 Å². The molecular weight excluding hydrogens is 250 g/mol. The van der Waals surface area contributed by atoms with Gasteiger partial charge < -0.3 is 14.8 Å². The van der Waals surface area contributed by atoms with Crippen LogP contribution in [-0.4, -0.2) is 39.1 Å². The molecule has 0 aliphatic carbocycles. The molecule has 4 nitrogen and oxygen atoms in total. The molecule has 0 radical (unpaired) electrons. The molecule has 0 unspecified atom stereocenters. The van der Waals surface area contributed by atoms with E-state index >= 15 is 0 Å². The fourth-order valence-corrected chi connectivity index (χ4v) is 2.02. The first-order chi connectivity index (χ1) is 8.77. The van der Waals surface area contributed by atoms with Crippen LogP contribution in [0.2, 0.25) is 0 Å². The fraction of sp³-hybridized carbons (Fsp3) is 0.462. The average molecular weight is 269 g/mol. The lowest BCUT2D eigenvalue weighted by atomic mass is 10.2. The van der Waals surface area contributed by atoms with E-state index in [-0.39, 0.29) is 12.5 Å². The van der Waals surface area contributed by atoms with E-state index in [9.17, 15) is 4.79 Å². The molecule has 1 N–H and O–H groups in total. The van der Waals surface area contributed by atoms with E-state index in [0.717, 1.165) is 5.56 Å². The lowest BCUT2D eigenvalue weighted by molar-refractivity contribution is -0.126. The minimum absolute atomic E-state index is 0.0742. The van der Waals surface area contributed by atoms with Crippen molar-refractivity contribution in [2.75, 3.05) is 33.2 Å². The van der Waals surface area contributed by atoms with Gasteiger partial charge in [0.15, 0.2) is 0 Å². The highest BCUT2D eigenvalue weighted by Gasteiger charge is 2.04. The molecule has 0 aromatic heterocycles. The SMILES string of the molecule is COCCOCC(=O)NCc1ccccc1SC. The normalized spacial score (nSPS) is 10.3. The third kappa shape index (κ3) is 5.53. The van der Waals surface area contributed by atoms with Crippen molar-refractivity contribution in [2.45, 2.75) is 11.4 Å². The quantitative estimate of drug-likeness (QED) is 0.576. The standard InChI is InChI=1S/C13H19NO3S/c1-16-7-8-17-10-13(15)14-9-11-5-3-4-6-12(11)18-2/h3-6H,7-10H2,1-2H3,(H,14,15). The topological polar surface area (TPSA) is 47.6 Å². The van der Waals surface area contributed by atoms with Crippen molar-refractivity contribution in [3.05, 3.63) is 29.8 Å². The van der Waals surface area contributed by atoms with Crippen LogP contribution in [0.1, 0.15) is 5.56 Å². The number of methoxy groups -OCH3 is 1. The van der Waals surface area contributed by atoms with E-state index in [2.05, 4.69) is 5.32 Å². The summed E-state index contributed by atoms with van der Waals surface area (Å²) in [4.78, 5) is 12.7. The Bertz CT molecular complexity index is 371. The highest BCUT2D eigenvalue weighted by atomic mass is 32.2. The van der Waals surface area contributed by atoms with Crippen LogP contribution in [0.15, 0.2) is 29.2 Å². The Balaban J connectivity index is 2.29. The number of hydrogen-bond acceptors (Lipinski definition) is 4. The summed E-state index contributed by atoms with van der Waals surface area (Å²) < 4.78 is 9.96. The van der Waals surface area contributed by atoms with Gasteiger partial charge >= 0.3 is 0 Å². The zero-order valence-corrected chi connectivity index (χ0v) is 11.6. The Hall–Kier alpha value is -1.04. The molecule has 0 saturated heterocycles. The fourth-order valence-electron chi connectivity index (χ4n) is 1.40. The monoisotopic (exact) mass is 269 g/mol. The maximum Gasteiger partial charge on any atom is 0.246 e. The van der Waals surface area contributed by atoms with E-state index in [4.69, 9.17) is 9.47 Å². The Morgan fingerprint density at radius 1 is 1.33 bits per heavy atom. The molecule has 0 aliphatic rings. The zero-order chi connectivity index (χ0) is 13.2. The molecule has 1 amide bonds. The molecule has 100 valence electrons. The van der Waals surface area contributed by atoms with Gasteiger partial charge in [0.25, 0.3) is 0 Å². The lowest BCUT2D eigenvalue weighted by Crippen LogP contribution is -2.27. The Morgan fingerprint density at radius 2 is 2.11 bits per heavy atom. The predicted molar refractivity (Wildman–Crippen MR) is 72.8 cm³/mol. The lowest BCUT2D eigenvalue weighted by Gasteiger charge is -2.09. The number of amides is 1. The van der Waals surface area contributed by atoms with Crippen LogP contribution in [0.5, 0.6) is 0 Å². The maximum atomic E-state index is 11.5. The first-order valence-electron chi connectivity index (χ1n) is 5.73. The van der Waals surface area contributed by atoms with Crippen molar-refractivity contribution in [3.8, 4) is 0 Å². The summed E-state index contributed by atoms with van der Waals surface area (Å²) in [5.74, 6) is -0.109. The van der Waals surface area contributed by atoms with Crippen LogP contribution in [0, 0.1) is 0 Å². The first-order valence-corrected chi connectivity index (χ1v) is 6.95. The van der Waals surface area contributed by atoms with Gasteiger partial charge in [0.2, 0.25) is 5.91 Å². The van der Waals surface area contributed by atoms with Crippen molar-refractivity contribution in [1.29, 1.82) is 0 Å². The van der Waals surface area contributed by atoms with Crippen LogP contribution in [0.3, 0.4) is 0 Å². The van der Waals surface area contributed by atoms with Crippen LogP contribution in [-0.2, 0) is 20.8 Å². The number of hydrogen-bond donors (Lipinski definition) is 1. The number of thioether (sulfide) groups is 1. The summed E-state index contributed by atoms with van der Waals surface area (Å²) in [7, 11) is 1.60. The second-order valence-corrected chi connectivity index (χ2v) is 4.48. The van der Waals surface area contributed by atoms with Crippen molar-refractivity contribution in [3.63, 3.8) is 0 Å². The molecule has 0 atom stereocenters. The van der Waals surface area contributed by atoms with E-state index in [1.165, 1.54) is 4.90 Å². The molecule has 0 heterocycles. The van der Waals surface area contributed by atoms with Gasteiger partial charge in [-0.05, 0) is 17.9 Å². The van der Waals surface area contributed by atoms with Crippen molar-refractivity contribution in [1.82, 2.24) is 5.32 Å². The number of nitrogens with one attached hydrogen (secondary N) is 1. The Kier molecular flexibility index (Phi) is 7.48. The summed E-state index contributed by atoms with van der Waals surface area (Å²) in [5.41, 5.74) is 1.12. The molecule has 0 fully saturated rings. The third-order valence-corrected chi connectivity index (χ3v) is 3.17. The molecule has 1 aromatic carbocycles. The largest absolute Gasteiger partial charge is 0.382 e.